The molecule has 4 nitrogen and oxygen atoms in total. The first-order valence-electron chi connectivity index (χ1n) is 6.60. The standard InChI is InChI=1S/C15H20N2O2/c1-11(18)8-13-10-17(2)14(15(19)16-13)9-12-6-4-3-5-7-12/h3-7,13-14H,8-10H2,1-2H3,(H,16,19)/t13?,14-/m1/s1. The molecule has 0 aromatic heterocycles. The summed E-state index contributed by atoms with van der Waals surface area (Å²) in [5.41, 5.74) is 1.15. The topological polar surface area (TPSA) is 49.4 Å². The largest absolute Gasteiger partial charge is 0.350 e. The molecule has 1 fully saturated rings. The number of carbonyl (C=O) groups excluding carboxylic acids is 2. The van der Waals surface area contributed by atoms with Gasteiger partial charge in [0.1, 0.15) is 5.78 Å². The average molecular weight is 260 g/mol. The smallest absolute Gasteiger partial charge is 0.237 e. The highest BCUT2D eigenvalue weighted by atomic mass is 16.2. The van der Waals surface area contributed by atoms with E-state index in [-0.39, 0.29) is 23.8 Å². The Hall–Kier alpha value is -1.68. The summed E-state index contributed by atoms with van der Waals surface area (Å²) in [7, 11) is 1.94. The summed E-state index contributed by atoms with van der Waals surface area (Å²) in [6, 6.07) is 9.79. The molecule has 1 N–H and O–H groups in total. The zero-order valence-electron chi connectivity index (χ0n) is 11.4. The number of amides is 1. The fraction of sp³-hybridized carbons (Fsp3) is 0.467. The molecule has 1 heterocycles. The number of nitrogens with zero attached hydrogens (tertiary/aromatic N) is 1. The summed E-state index contributed by atoms with van der Waals surface area (Å²) in [4.78, 5) is 25.3. The van der Waals surface area contributed by atoms with Gasteiger partial charge >= 0.3 is 0 Å². The van der Waals surface area contributed by atoms with Crippen molar-refractivity contribution in [1.82, 2.24) is 10.2 Å². The highest BCUT2D eigenvalue weighted by molar-refractivity contribution is 5.84. The van der Waals surface area contributed by atoms with Crippen LogP contribution < -0.4 is 5.32 Å². The van der Waals surface area contributed by atoms with Crippen molar-refractivity contribution < 1.29 is 9.59 Å². The molecule has 2 atom stereocenters. The lowest BCUT2D eigenvalue weighted by atomic mass is 9.99. The molecule has 0 bridgehead atoms. The number of hydrogen-bond donors (Lipinski definition) is 1. The molecular weight excluding hydrogens is 240 g/mol. The van der Waals surface area contributed by atoms with Crippen molar-refractivity contribution in [3.05, 3.63) is 35.9 Å². The van der Waals surface area contributed by atoms with E-state index in [1.165, 1.54) is 0 Å². The number of likely N-dealkylation sites (N-methyl/N-ethyl adjacent to an activating group) is 1. The van der Waals surface area contributed by atoms with Gasteiger partial charge in [-0.1, -0.05) is 30.3 Å². The molecule has 1 aliphatic rings. The van der Waals surface area contributed by atoms with Crippen LogP contribution in [0.4, 0.5) is 0 Å². The SMILES string of the molecule is CC(=O)CC1CN(C)[C@H](Cc2ccccc2)C(=O)N1. The van der Waals surface area contributed by atoms with Crippen molar-refractivity contribution in [3.63, 3.8) is 0 Å². The Kier molecular flexibility index (Phi) is 4.32. The Morgan fingerprint density at radius 3 is 2.63 bits per heavy atom. The number of hydrogen-bond acceptors (Lipinski definition) is 3. The molecule has 1 saturated heterocycles. The molecule has 1 aliphatic heterocycles. The number of nitrogens with one attached hydrogen (secondary N) is 1. The molecule has 1 amide bonds. The van der Waals surface area contributed by atoms with Crippen LogP contribution in [0.15, 0.2) is 30.3 Å². The normalized spacial score (nSPS) is 24.0. The van der Waals surface area contributed by atoms with E-state index in [0.717, 1.165) is 12.1 Å². The number of benzene rings is 1. The van der Waals surface area contributed by atoms with E-state index in [2.05, 4.69) is 5.32 Å². The van der Waals surface area contributed by atoms with E-state index in [1.807, 2.05) is 42.3 Å². The van der Waals surface area contributed by atoms with Gasteiger partial charge in [-0.3, -0.25) is 14.5 Å². The summed E-state index contributed by atoms with van der Waals surface area (Å²) in [6.45, 7) is 2.28. The molecule has 0 spiro atoms. The minimum atomic E-state index is -0.148. The third-order valence-corrected chi connectivity index (χ3v) is 3.50. The van der Waals surface area contributed by atoms with Crippen LogP contribution in [-0.4, -0.2) is 42.3 Å². The molecule has 0 radical (unpaired) electrons. The van der Waals surface area contributed by atoms with E-state index in [1.54, 1.807) is 6.92 Å². The fourth-order valence-corrected chi connectivity index (χ4v) is 2.57. The molecule has 1 unspecified atom stereocenters. The maximum atomic E-state index is 12.1. The minimum Gasteiger partial charge on any atom is -0.350 e. The van der Waals surface area contributed by atoms with Gasteiger partial charge in [0, 0.05) is 19.0 Å². The summed E-state index contributed by atoms with van der Waals surface area (Å²) in [6.07, 6.45) is 1.12. The van der Waals surface area contributed by atoms with Crippen molar-refractivity contribution in [2.75, 3.05) is 13.6 Å². The van der Waals surface area contributed by atoms with Crippen molar-refractivity contribution in [2.45, 2.75) is 31.8 Å². The van der Waals surface area contributed by atoms with Crippen molar-refractivity contribution in [2.24, 2.45) is 0 Å². The Morgan fingerprint density at radius 2 is 2.05 bits per heavy atom. The zero-order valence-corrected chi connectivity index (χ0v) is 11.4. The molecule has 0 aliphatic carbocycles. The Balaban J connectivity index is 2.00. The molecule has 0 saturated carbocycles. The van der Waals surface area contributed by atoms with Crippen LogP contribution in [-0.2, 0) is 16.0 Å². The van der Waals surface area contributed by atoms with E-state index >= 15 is 0 Å². The molecule has 1 aromatic carbocycles. The predicted octanol–water partition coefficient (Wildman–Crippen LogP) is 1.01. The minimum absolute atomic E-state index is 0.0175. The summed E-state index contributed by atoms with van der Waals surface area (Å²) in [5, 5.41) is 2.95. The third kappa shape index (κ3) is 3.64. The highest BCUT2D eigenvalue weighted by Gasteiger charge is 2.32. The second-order valence-electron chi connectivity index (χ2n) is 5.26. The van der Waals surface area contributed by atoms with Gasteiger partial charge < -0.3 is 5.32 Å². The van der Waals surface area contributed by atoms with Crippen molar-refractivity contribution in [1.29, 1.82) is 0 Å². The van der Waals surface area contributed by atoms with E-state index in [4.69, 9.17) is 0 Å². The van der Waals surface area contributed by atoms with Crippen LogP contribution in [0.3, 0.4) is 0 Å². The van der Waals surface area contributed by atoms with Crippen LogP contribution in [0.1, 0.15) is 18.9 Å². The molecule has 1 aromatic rings. The number of rotatable bonds is 4. The van der Waals surface area contributed by atoms with Crippen LogP contribution in [0.5, 0.6) is 0 Å². The summed E-state index contributed by atoms with van der Waals surface area (Å²) < 4.78 is 0. The van der Waals surface area contributed by atoms with Crippen molar-refractivity contribution >= 4 is 11.7 Å². The van der Waals surface area contributed by atoms with Gasteiger partial charge in [-0.15, -0.1) is 0 Å². The third-order valence-electron chi connectivity index (χ3n) is 3.50. The molecule has 2 rings (SSSR count). The fourth-order valence-electron chi connectivity index (χ4n) is 2.57. The predicted molar refractivity (Wildman–Crippen MR) is 73.8 cm³/mol. The Morgan fingerprint density at radius 1 is 1.37 bits per heavy atom. The second-order valence-corrected chi connectivity index (χ2v) is 5.26. The molecule has 4 heteroatoms. The van der Waals surface area contributed by atoms with Crippen LogP contribution in [0.2, 0.25) is 0 Å². The van der Waals surface area contributed by atoms with Gasteiger partial charge in [-0.05, 0) is 26.0 Å². The van der Waals surface area contributed by atoms with Crippen LogP contribution in [0.25, 0.3) is 0 Å². The first kappa shape index (κ1) is 13.7. The molecular formula is C15H20N2O2. The monoisotopic (exact) mass is 260 g/mol. The number of carbonyl (C=O) groups is 2. The van der Waals surface area contributed by atoms with Gasteiger partial charge in [0.05, 0.1) is 6.04 Å². The first-order chi connectivity index (χ1) is 9.06. The lowest BCUT2D eigenvalue weighted by Gasteiger charge is -2.36. The number of ketones is 1. The Bertz CT molecular complexity index is 458. The molecule has 19 heavy (non-hydrogen) atoms. The second kappa shape index (κ2) is 5.97. The number of piperazine rings is 1. The Labute approximate surface area is 113 Å². The maximum Gasteiger partial charge on any atom is 0.237 e. The maximum absolute atomic E-state index is 12.1. The quantitative estimate of drug-likeness (QED) is 0.879. The molecule has 102 valence electrons. The summed E-state index contributed by atoms with van der Waals surface area (Å²) >= 11 is 0. The van der Waals surface area contributed by atoms with Gasteiger partial charge in [-0.25, -0.2) is 0 Å². The number of Topliss-reactive ketones (excluding diaryl/α,β-unsaturated/α-hetero) is 1. The van der Waals surface area contributed by atoms with Gasteiger partial charge in [0.25, 0.3) is 0 Å². The summed E-state index contributed by atoms with van der Waals surface area (Å²) in [5.74, 6) is 0.129. The lowest BCUT2D eigenvalue weighted by Crippen LogP contribution is -2.59. The van der Waals surface area contributed by atoms with E-state index in [0.29, 0.717) is 12.8 Å². The van der Waals surface area contributed by atoms with E-state index in [9.17, 15) is 9.59 Å². The average Bonchev–Trinajstić information content (AvgIpc) is 2.34. The van der Waals surface area contributed by atoms with E-state index < -0.39 is 0 Å². The van der Waals surface area contributed by atoms with Gasteiger partial charge in [0.15, 0.2) is 0 Å². The van der Waals surface area contributed by atoms with Crippen molar-refractivity contribution in [3.8, 4) is 0 Å². The van der Waals surface area contributed by atoms with Gasteiger partial charge in [-0.2, -0.15) is 0 Å². The highest BCUT2D eigenvalue weighted by Crippen LogP contribution is 2.13. The van der Waals surface area contributed by atoms with Crippen LogP contribution >= 0.6 is 0 Å². The zero-order chi connectivity index (χ0) is 13.8. The first-order valence-corrected chi connectivity index (χ1v) is 6.60. The van der Waals surface area contributed by atoms with Gasteiger partial charge in [0.2, 0.25) is 5.91 Å². The van der Waals surface area contributed by atoms with Crippen LogP contribution in [0, 0.1) is 0 Å². The lowest BCUT2D eigenvalue weighted by molar-refractivity contribution is -0.130.